The van der Waals surface area contributed by atoms with E-state index in [9.17, 15) is 35.1 Å². The molecule has 1 rings (SSSR count). The smallest absolute Gasteiger partial charge is 0.306 e. The van der Waals surface area contributed by atoms with Gasteiger partial charge in [0.05, 0.1) is 25.4 Å². The molecule has 1 saturated heterocycles. The predicted octanol–water partition coefficient (Wildman–Crippen LogP) is 15.3. The van der Waals surface area contributed by atoms with Gasteiger partial charge in [-0.05, 0) is 51.4 Å². The monoisotopic (exact) mass is 1060 g/mol. The Morgan fingerprint density at radius 1 is 0.507 bits per heavy atom. The van der Waals surface area contributed by atoms with Gasteiger partial charge in [-0.15, -0.1) is 0 Å². The first kappa shape index (κ1) is 71.2. The highest BCUT2D eigenvalue weighted by Gasteiger charge is 2.47. The molecular weight excluding hydrogens is 943 g/mol. The molecule has 0 aromatic heterocycles. The van der Waals surface area contributed by atoms with Crippen LogP contribution in [0, 0.1) is 0 Å². The lowest BCUT2D eigenvalue weighted by Crippen LogP contribution is -2.61. The molecule has 75 heavy (non-hydrogen) atoms. The number of nitrogens with one attached hydrogen (secondary N) is 1. The fourth-order valence-electron chi connectivity index (χ4n) is 10.2. The van der Waals surface area contributed by atoms with E-state index in [4.69, 9.17) is 14.2 Å². The van der Waals surface area contributed by atoms with Crippen molar-refractivity contribution in [1.29, 1.82) is 0 Å². The second kappa shape index (κ2) is 52.8. The first-order chi connectivity index (χ1) is 36.7. The minimum atomic E-state index is -1.61. The third kappa shape index (κ3) is 40.9. The zero-order valence-corrected chi connectivity index (χ0v) is 48.9. The number of rotatable bonds is 55. The van der Waals surface area contributed by atoms with Crippen molar-refractivity contribution >= 4 is 11.9 Å². The van der Waals surface area contributed by atoms with Gasteiger partial charge in [-0.2, -0.15) is 0 Å². The molecule has 0 bridgehead atoms. The van der Waals surface area contributed by atoms with E-state index >= 15 is 0 Å². The number of hydrogen-bond acceptors (Lipinski definition) is 10. The Bertz CT molecular complexity index is 1310. The Balaban J connectivity index is 2.64. The Morgan fingerprint density at radius 2 is 0.880 bits per heavy atom. The minimum Gasteiger partial charge on any atom is -0.454 e. The van der Waals surface area contributed by atoms with Crippen molar-refractivity contribution in [2.45, 2.75) is 359 Å². The summed E-state index contributed by atoms with van der Waals surface area (Å²) in [7, 11) is 0. The van der Waals surface area contributed by atoms with E-state index in [-0.39, 0.29) is 13.0 Å². The molecule has 0 saturated carbocycles. The van der Waals surface area contributed by atoms with Gasteiger partial charge in [-0.1, -0.05) is 276 Å². The molecule has 0 aromatic rings. The maximum atomic E-state index is 13.4. The summed E-state index contributed by atoms with van der Waals surface area (Å²) in [5.74, 6) is -1.18. The van der Waals surface area contributed by atoms with Crippen LogP contribution < -0.4 is 5.32 Å². The van der Waals surface area contributed by atoms with Crippen LogP contribution in [0.2, 0.25) is 0 Å². The van der Waals surface area contributed by atoms with E-state index < -0.39 is 67.4 Å². The lowest BCUT2D eigenvalue weighted by molar-refractivity contribution is -0.305. The molecular formula is C64H121NO10. The van der Waals surface area contributed by atoms with E-state index in [2.05, 4.69) is 38.2 Å². The predicted molar refractivity (Wildman–Crippen MR) is 311 cm³/mol. The number of unbranched alkanes of at least 4 members (excludes halogenated alkanes) is 39. The van der Waals surface area contributed by atoms with Crippen molar-refractivity contribution in [3.63, 3.8) is 0 Å². The van der Waals surface area contributed by atoms with Gasteiger partial charge in [0.25, 0.3) is 0 Å². The number of carbonyl (C=O) groups is 2. The molecule has 1 heterocycles. The third-order valence-electron chi connectivity index (χ3n) is 15.4. The van der Waals surface area contributed by atoms with E-state index in [1.165, 1.54) is 205 Å². The fraction of sp³-hybridized carbons (Fsp3) is 0.906. The van der Waals surface area contributed by atoms with Crippen molar-refractivity contribution in [2.75, 3.05) is 13.2 Å². The Kier molecular flexibility index (Phi) is 50.1. The molecule has 11 heteroatoms. The maximum absolute atomic E-state index is 13.4. The van der Waals surface area contributed by atoms with Crippen LogP contribution in [-0.4, -0.2) is 99.6 Å². The number of aliphatic hydroxyl groups excluding tert-OH is 5. The third-order valence-corrected chi connectivity index (χ3v) is 15.4. The van der Waals surface area contributed by atoms with Crippen LogP contribution in [0.3, 0.4) is 0 Å². The van der Waals surface area contributed by atoms with Crippen molar-refractivity contribution in [3.05, 3.63) is 24.3 Å². The standard InChI is InChI=1S/C64H121NO10/c1-4-7-10-13-16-19-22-25-27-28-29-30-31-32-33-36-39-42-45-48-51-57(68)63(72)65-55(56(67)50-47-44-41-38-35-24-21-18-15-12-9-6-3)54-73-64-62(61(71)60(70)58(53-66)74-64)75-59(69)52-49-46-43-40-37-34-26-23-20-17-14-11-8-5-2/h25,27,47,50,55-58,60-62,64,66-68,70-71H,4-24,26,28-46,48-49,51-54H2,1-3H3,(H,65,72)/b27-25+,50-47+. The molecule has 8 atom stereocenters. The second-order valence-electron chi connectivity index (χ2n) is 22.5. The van der Waals surface area contributed by atoms with E-state index in [1.807, 2.05) is 6.08 Å². The Hall–Kier alpha value is -1.86. The molecule has 1 fully saturated rings. The fourth-order valence-corrected chi connectivity index (χ4v) is 10.2. The van der Waals surface area contributed by atoms with Gasteiger partial charge in [0.1, 0.15) is 24.4 Å². The zero-order chi connectivity index (χ0) is 54.7. The van der Waals surface area contributed by atoms with E-state index in [0.29, 0.717) is 19.3 Å². The maximum Gasteiger partial charge on any atom is 0.306 e. The van der Waals surface area contributed by atoms with Gasteiger partial charge in [0.15, 0.2) is 12.4 Å². The summed E-state index contributed by atoms with van der Waals surface area (Å²) in [6.07, 6.45) is 50.7. The van der Waals surface area contributed by atoms with Crippen LogP contribution in [0.15, 0.2) is 24.3 Å². The Labute approximate surface area is 461 Å². The summed E-state index contributed by atoms with van der Waals surface area (Å²) in [5, 5.41) is 57.0. The number of aliphatic hydroxyl groups is 5. The van der Waals surface area contributed by atoms with Crippen molar-refractivity contribution < 1.29 is 49.3 Å². The zero-order valence-electron chi connectivity index (χ0n) is 48.9. The van der Waals surface area contributed by atoms with Gasteiger partial charge in [-0.3, -0.25) is 9.59 Å². The van der Waals surface area contributed by atoms with Crippen molar-refractivity contribution in [1.82, 2.24) is 5.32 Å². The van der Waals surface area contributed by atoms with E-state index in [0.717, 1.165) is 57.8 Å². The summed E-state index contributed by atoms with van der Waals surface area (Å²) in [5.41, 5.74) is 0. The molecule has 0 spiro atoms. The molecule has 6 N–H and O–H groups in total. The molecule has 442 valence electrons. The van der Waals surface area contributed by atoms with Crippen molar-refractivity contribution in [2.24, 2.45) is 0 Å². The summed E-state index contributed by atoms with van der Waals surface area (Å²) < 4.78 is 17.6. The number of allylic oxidation sites excluding steroid dienone is 3. The molecule has 1 aliphatic heterocycles. The number of esters is 1. The quantitative estimate of drug-likeness (QED) is 0.0195. The van der Waals surface area contributed by atoms with Crippen LogP contribution in [0.1, 0.15) is 310 Å². The first-order valence-corrected chi connectivity index (χ1v) is 32.1. The van der Waals surface area contributed by atoms with Gasteiger partial charge in [0, 0.05) is 6.42 Å². The summed E-state index contributed by atoms with van der Waals surface area (Å²) >= 11 is 0. The number of amides is 1. The van der Waals surface area contributed by atoms with Gasteiger partial charge in [0.2, 0.25) is 5.91 Å². The molecule has 1 aliphatic rings. The highest BCUT2D eigenvalue weighted by molar-refractivity contribution is 5.80. The molecule has 0 aliphatic carbocycles. The SMILES string of the molecule is CCCCCCCC/C=C/CCCCCCCCCCCCC(O)C(=O)NC(COC1OC(CO)C(O)C(O)C1OC(=O)CCCCCCCCCCCCCCCC)C(O)/C=C/CCCCCCCCCCCC. The molecule has 0 radical (unpaired) electrons. The number of hydrogen-bond donors (Lipinski definition) is 6. The number of carbonyl (C=O) groups excluding carboxylic acids is 2. The van der Waals surface area contributed by atoms with Gasteiger partial charge < -0.3 is 45.1 Å². The number of ether oxygens (including phenoxy) is 3. The summed E-state index contributed by atoms with van der Waals surface area (Å²) in [6, 6.07) is -1.02. The highest BCUT2D eigenvalue weighted by atomic mass is 16.7. The normalized spacial score (nSPS) is 19.3. The molecule has 1 amide bonds. The first-order valence-electron chi connectivity index (χ1n) is 32.1. The summed E-state index contributed by atoms with van der Waals surface area (Å²) in [4.78, 5) is 26.5. The molecule has 0 aromatic carbocycles. The highest BCUT2D eigenvalue weighted by Crippen LogP contribution is 2.26. The molecule has 8 unspecified atom stereocenters. The average Bonchev–Trinajstić information content (AvgIpc) is 3.41. The van der Waals surface area contributed by atoms with Crippen LogP contribution >= 0.6 is 0 Å². The largest absolute Gasteiger partial charge is 0.454 e. The lowest BCUT2D eigenvalue weighted by atomic mass is 9.99. The van der Waals surface area contributed by atoms with Crippen LogP contribution in [0.5, 0.6) is 0 Å². The lowest BCUT2D eigenvalue weighted by Gasteiger charge is -2.41. The van der Waals surface area contributed by atoms with Crippen LogP contribution in [-0.2, 0) is 23.8 Å². The van der Waals surface area contributed by atoms with Crippen LogP contribution in [0.4, 0.5) is 0 Å². The molecule has 11 nitrogen and oxygen atoms in total. The summed E-state index contributed by atoms with van der Waals surface area (Å²) in [6.45, 7) is 5.81. The van der Waals surface area contributed by atoms with Crippen molar-refractivity contribution in [3.8, 4) is 0 Å². The average molecular weight is 1060 g/mol. The van der Waals surface area contributed by atoms with Gasteiger partial charge >= 0.3 is 5.97 Å². The Morgan fingerprint density at radius 3 is 1.29 bits per heavy atom. The van der Waals surface area contributed by atoms with Gasteiger partial charge in [-0.25, -0.2) is 0 Å². The van der Waals surface area contributed by atoms with Crippen LogP contribution in [0.25, 0.3) is 0 Å². The minimum absolute atomic E-state index is 0.129. The topological polar surface area (TPSA) is 175 Å². The van der Waals surface area contributed by atoms with E-state index in [1.54, 1.807) is 6.08 Å². The second-order valence-corrected chi connectivity index (χ2v) is 22.5.